The van der Waals surface area contributed by atoms with Gasteiger partial charge in [0.05, 0.1) is 37.3 Å². The number of ether oxygens (including phenoxy) is 3. The topological polar surface area (TPSA) is 97.2 Å². The van der Waals surface area contributed by atoms with Crippen molar-refractivity contribution in [3.63, 3.8) is 0 Å². The Bertz CT molecular complexity index is 1120. The fourth-order valence-electron chi connectivity index (χ4n) is 2.80. The zero-order valence-corrected chi connectivity index (χ0v) is 15.8. The summed E-state index contributed by atoms with van der Waals surface area (Å²) in [5.74, 6) is 1.63. The Balaban J connectivity index is 2.13. The highest BCUT2D eigenvalue weighted by Crippen LogP contribution is 2.39. The lowest BCUT2D eigenvalue weighted by molar-refractivity contribution is 0.288. The standard InChI is InChI=1S/C21H19N3O4/c1-4-28-19-17(26-2)10-13(11-18(19)27-3)9-14(12-22)20-23-16-8-6-5-7-15(16)21(25)24-20/h5-11H,4H2,1-3H3,(H,23,24,25)/b14-9-. The average Bonchev–Trinajstić information content (AvgIpc) is 2.72. The first-order valence-electron chi connectivity index (χ1n) is 8.61. The Kier molecular flexibility index (Phi) is 5.61. The molecule has 0 amide bonds. The molecule has 0 bridgehead atoms. The maximum Gasteiger partial charge on any atom is 0.259 e. The molecule has 0 aliphatic carbocycles. The molecule has 28 heavy (non-hydrogen) atoms. The molecule has 0 spiro atoms. The molecule has 0 fully saturated rings. The molecule has 3 rings (SSSR count). The summed E-state index contributed by atoms with van der Waals surface area (Å²) in [6.07, 6.45) is 1.60. The van der Waals surface area contributed by atoms with Gasteiger partial charge in [-0.15, -0.1) is 0 Å². The second-order valence-electron chi connectivity index (χ2n) is 5.79. The van der Waals surface area contributed by atoms with Gasteiger partial charge in [0, 0.05) is 0 Å². The Labute approximate surface area is 161 Å². The number of nitrogens with zero attached hydrogens (tertiary/aromatic N) is 2. The van der Waals surface area contributed by atoms with Gasteiger partial charge in [-0.25, -0.2) is 4.98 Å². The molecular weight excluding hydrogens is 358 g/mol. The summed E-state index contributed by atoms with van der Waals surface area (Å²) < 4.78 is 16.4. The van der Waals surface area contributed by atoms with Gasteiger partial charge in [0.1, 0.15) is 6.07 Å². The van der Waals surface area contributed by atoms with Crippen molar-refractivity contribution in [2.45, 2.75) is 6.92 Å². The molecule has 0 saturated carbocycles. The van der Waals surface area contributed by atoms with Gasteiger partial charge in [0.15, 0.2) is 17.3 Å². The summed E-state index contributed by atoms with van der Waals surface area (Å²) in [5.41, 5.74) is 1.06. The highest BCUT2D eigenvalue weighted by molar-refractivity contribution is 5.89. The number of methoxy groups -OCH3 is 2. The second kappa shape index (κ2) is 8.27. The molecule has 0 saturated heterocycles. The van der Waals surface area contributed by atoms with Crippen LogP contribution in [0.15, 0.2) is 41.2 Å². The second-order valence-corrected chi connectivity index (χ2v) is 5.79. The van der Waals surface area contributed by atoms with Crippen molar-refractivity contribution in [3.8, 4) is 23.3 Å². The fraction of sp³-hybridized carbons (Fsp3) is 0.190. The largest absolute Gasteiger partial charge is 0.493 e. The molecule has 1 N–H and O–H groups in total. The smallest absolute Gasteiger partial charge is 0.259 e. The van der Waals surface area contributed by atoms with Gasteiger partial charge in [0.2, 0.25) is 5.75 Å². The number of allylic oxidation sites excluding steroid dienone is 1. The number of benzene rings is 2. The number of nitrogens with one attached hydrogen (secondary N) is 1. The number of nitriles is 1. The van der Waals surface area contributed by atoms with Crippen molar-refractivity contribution in [2.24, 2.45) is 0 Å². The van der Waals surface area contributed by atoms with Crippen molar-refractivity contribution in [2.75, 3.05) is 20.8 Å². The number of aromatic nitrogens is 2. The first kappa shape index (κ1) is 19.0. The highest BCUT2D eigenvalue weighted by atomic mass is 16.5. The van der Waals surface area contributed by atoms with Crippen LogP contribution in [0.1, 0.15) is 18.3 Å². The minimum absolute atomic E-state index is 0.193. The van der Waals surface area contributed by atoms with Crippen LogP contribution in [0.5, 0.6) is 17.2 Å². The van der Waals surface area contributed by atoms with E-state index in [0.29, 0.717) is 40.3 Å². The average molecular weight is 377 g/mol. The van der Waals surface area contributed by atoms with Crippen LogP contribution >= 0.6 is 0 Å². The van der Waals surface area contributed by atoms with E-state index in [-0.39, 0.29) is 17.0 Å². The van der Waals surface area contributed by atoms with E-state index in [4.69, 9.17) is 14.2 Å². The molecule has 0 radical (unpaired) electrons. The predicted octanol–water partition coefficient (Wildman–Crippen LogP) is 3.40. The Hall–Kier alpha value is -3.79. The number of fused-ring (bicyclic) bond motifs is 1. The molecule has 7 heteroatoms. The summed E-state index contributed by atoms with van der Waals surface area (Å²) in [5, 5.41) is 10.1. The number of hydrogen-bond donors (Lipinski definition) is 1. The van der Waals surface area contributed by atoms with Gasteiger partial charge in [-0.3, -0.25) is 4.79 Å². The van der Waals surface area contributed by atoms with Crippen molar-refractivity contribution in [1.82, 2.24) is 9.97 Å². The lowest BCUT2D eigenvalue weighted by Crippen LogP contribution is -2.11. The van der Waals surface area contributed by atoms with Crippen molar-refractivity contribution < 1.29 is 14.2 Å². The van der Waals surface area contributed by atoms with Crippen molar-refractivity contribution >= 4 is 22.6 Å². The van der Waals surface area contributed by atoms with Crippen LogP contribution in [-0.4, -0.2) is 30.8 Å². The molecule has 3 aromatic rings. The molecule has 1 heterocycles. The normalized spacial score (nSPS) is 11.1. The third kappa shape index (κ3) is 3.67. The SMILES string of the molecule is CCOc1c(OC)cc(/C=C(/C#N)c2nc3ccccc3c(=O)[nH]2)cc1OC. The summed E-state index contributed by atoms with van der Waals surface area (Å²) >= 11 is 0. The third-order valence-corrected chi connectivity index (χ3v) is 4.07. The van der Waals surface area contributed by atoms with Crippen LogP contribution < -0.4 is 19.8 Å². The van der Waals surface area contributed by atoms with Crippen molar-refractivity contribution in [1.29, 1.82) is 5.26 Å². The minimum Gasteiger partial charge on any atom is -0.493 e. The Morgan fingerprint density at radius 2 is 1.89 bits per heavy atom. The molecule has 2 aromatic carbocycles. The maximum absolute atomic E-state index is 12.3. The molecule has 1 aromatic heterocycles. The van der Waals surface area contributed by atoms with Crippen LogP contribution in [0.25, 0.3) is 22.6 Å². The van der Waals surface area contributed by atoms with E-state index in [9.17, 15) is 10.1 Å². The Morgan fingerprint density at radius 3 is 2.50 bits per heavy atom. The summed E-state index contributed by atoms with van der Waals surface area (Å²) in [4.78, 5) is 19.4. The minimum atomic E-state index is -0.302. The van der Waals surface area contributed by atoms with Crippen LogP contribution in [0.4, 0.5) is 0 Å². The van der Waals surface area contributed by atoms with Gasteiger partial charge >= 0.3 is 0 Å². The molecule has 0 aliphatic rings. The number of hydrogen-bond acceptors (Lipinski definition) is 6. The van der Waals surface area contributed by atoms with Crippen molar-refractivity contribution in [3.05, 3.63) is 58.1 Å². The number of para-hydroxylation sites is 1. The van der Waals surface area contributed by atoms with Gasteiger partial charge < -0.3 is 19.2 Å². The molecule has 0 atom stereocenters. The van der Waals surface area contributed by atoms with Crippen LogP contribution in [0, 0.1) is 11.3 Å². The van der Waals surface area contributed by atoms with E-state index in [0.717, 1.165) is 0 Å². The Morgan fingerprint density at radius 1 is 1.21 bits per heavy atom. The van der Waals surface area contributed by atoms with Crippen LogP contribution in [0.2, 0.25) is 0 Å². The quantitative estimate of drug-likeness (QED) is 0.661. The van der Waals surface area contributed by atoms with Gasteiger partial charge in [-0.1, -0.05) is 12.1 Å². The first-order valence-corrected chi connectivity index (χ1v) is 8.61. The van der Waals surface area contributed by atoms with E-state index in [1.807, 2.05) is 6.92 Å². The fourth-order valence-corrected chi connectivity index (χ4v) is 2.80. The maximum atomic E-state index is 12.3. The molecular formula is C21H19N3O4. The first-order chi connectivity index (χ1) is 13.6. The van der Waals surface area contributed by atoms with E-state index in [1.54, 1.807) is 42.5 Å². The summed E-state index contributed by atoms with van der Waals surface area (Å²) in [6.45, 7) is 2.32. The highest BCUT2D eigenvalue weighted by Gasteiger charge is 2.14. The molecule has 0 unspecified atom stereocenters. The molecule has 7 nitrogen and oxygen atoms in total. The monoisotopic (exact) mass is 377 g/mol. The lowest BCUT2D eigenvalue weighted by Gasteiger charge is -2.14. The lowest BCUT2D eigenvalue weighted by atomic mass is 10.1. The zero-order chi connectivity index (χ0) is 20.1. The van der Waals surface area contributed by atoms with Crippen LogP contribution in [-0.2, 0) is 0 Å². The van der Waals surface area contributed by atoms with Gasteiger partial charge in [-0.2, -0.15) is 5.26 Å². The number of aromatic amines is 1. The van der Waals surface area contributed by atoms with E-state index in [2.05, 4.69) is 16.0 Å². The third-order valence-electron chi connectivity index (χ3n) is 4.07. The van der Waals surface area contributed by atoms with Gasteiger partial charge in [0.25, 0.3) is 5.56 Å². The van der Waals surface area contributed by atoms with E-state index >= 15 is 0 Å². The van der Waals surface area contributed by atoms with Crippen LogP contribution in [0.3, 0.4) is 0 Å². The van der Waals surface area contributed by atoms with E-state index in [1.165, 1.54) is 14.2 Å². The summed E-state index contributed by atoms with van der Waals surface area (Å²) in [7, 11) is 3.05. The van der Waals surface area contributed by atoms with E-state index < -0.39 is 0 Å². The number of H-pyrrole nitrogens is 1. The molecule has 142 valence electrons. The number of rotatable bonds is 6. The van der Waals surface area contributed by atoms with Gasteiger partial charge in [-0.05, 0) is 42.8 Å². The molecule has 0 aliphatic heterocycles. The predicted molar refractivity (Wildman–Crippen MR) is 107 cm³/mol. The zero-order valence-electron chi connectivity index (χ0n) is 15.8. The summed E-state index contributed by atoms with van der Waals surface area (Å²) in [6, 6.07) is 12.5.